The summed E-state index contributed by atoms with van der Waals surface area (Å²) in [6, 6.07) is 4.54. The van der Waals surface area contributed by atoms with Crippen LogP contribution in [0, 0.1) is 17.7 Å². The van der Waals surface area contributed by atoms with Gasteiger partial charge in [0.2, 0.25) is 5.91 Å². The molecule has 0 unspecified atom stereocenters. The van der Waals surface area contributed by atoms with E-state index < -0.39 is 5.82 Å². The molecule has 0 spiro atoms. The van der Waals surface area contributed by atoms with E-state index >= 15 is 0 Å². The van der Waals surface area contributed by atoms with Crippen molar-refractivity contribution in [2.24, 2.45) is 17.6 Å². The van der Waals surface area contributed by atoms with E-state index in [1.807, 2.05) is 0 Å². The Bertz CT molecular complexity index is 499. The van der Waals surface area contributed by atoms with Gasteiger partial charge in [0.1, 0.15) is 0 Å². The normalized spacial score (nSPS) is 20.8. The number of hydrogen-bond acceptors (Lipinski definition) is 3. The molecule has 1 aromatic carbocycles. The first-order chi connectivity index (χ1) is 9.58. The molecule has 0 bridgehead atoms. The summed E-state index contributed by atoms with van der Waals surface area (Å²) in [5.41, 5.74) is 6.25. The average Bonchev–Trinajstić information content (AvgIpc) is 2.94. The number of hydrogen-bond donors (Lipinski definition) is 1. The SMILES string of the molecule is COc1ccc(N(C)C(=O)[C@@H]2CCC[C@@H]2CN)cc1F.Cl. The van der Waals surface area contributed by atoms with Gasteiger partial charge in [0.25, 0.3) is 0 Å². The van der Waals surface area contributed by atoms with E-state index in [9.17, 15) is 9.18 Å². The minimum absolute atomic E-state index is 0. The number of methoxy groups -OCH3 is 1. The molecule has 6 heteroatoms. The largest absolute Gasteiger partial charge is 0.494 e. The van der Waals surface area contributed by atoms with Crippen molar-refractivity contribution in [3.8, 4) is 5.75 Å². The Hall–Kier alpha value is -1.33. The summed E-state index contributed by atoms with van der Waals surface area (Å²) in [6.07, 6.45) is 2.89. The van der Waals surface area contributed by atoms with E-state index in [4.69, 9.17) is 10.5 Å². The predicted octanol–water partition coefficient (Wildman–Crippen LogP) is 2.59. The topological polar surface area (TPSA) is 55.6 Å². The fraction of sp³-hybridized carbons (Fsp3) is 0.533. The first-order valence-electron chi connectivity index (χ1n) is 6.89. The van der Waals surface area contributed by atoms with Gasteiger partial charge in [0, 0.05) is 24.7 Å². The molecule has 1 fully saturated rings. The number of carbonyl (C=O) groups excluding carboxylic acids is 1. The van der Waals surface area contributed by atoms with Crippen molar-refractivity contribution in [2.45, 2.75) is 19.3 Å². The van der Waals surface area contributed by atoms with Crippen molar-refractivity contribution in [3.05, 3.63) is 24.0 Å². The number of nitrogens with two attached hydrogens (primary N) is 1. The van der Waals surface area contributed by atoms with Crippen LogP contribution in [0.3, 0.4) is 0 Å². The fourth-order valence-electron chi connectivity index (χ4n) is 2.88. The van der Waals surface area contributed by atoms with Crippen molar-refractivity contribution in [2.75, 3.05) is 25.6 Å². The van der Waals surface area contributed by atoms with Gasteiger partial charge in [-0.1, -0.05) is 6.42 Å². The second-order valence-corrected chi connectivity index (χ2v) is 5.25. The fourth-order valence-corrected chi connectivity index (χ4v) is 2.88. The molecule has 118 valence electrons. The van der Waals surface area contributed by atoms with Gasteiger partial charge in [-0.3, -0.25) is 4.79 Å². The van der Waals surface area contributed by atoms with E-state index in [-0.39, 0.29) is 35.9 Å². The molecule has 0 aliphatic heterocycles. The van der Waals surface area contributed by atoms with Crippen LogP contribution in [0.4, 0.5) is 10.1 Å². The van der Waals surface area contributed by atoms with Crippen molar-refractivity contribution in [1.82, 2.24) is 0 Å². The zero-order valence-electron chi connectivity index (χ0n) is 12.3. The summed E-state index contributed by atoms with van der Waals surface area (Å²) >= 11 is 0. The molecule has 0 heterocycles. The van der Waals surface area contributed by atoms with Gasteiger partial charge < -0.3 is 15.4 Å². The molecule has 21 heavy (non-hydrogen) atoms. The van der Waals surface area contributed by atoms with Crippen LogP contribution in [0.2, 0.25) is 0 Å². The van der Waals surface area contributed by atoms with Gasteiger partial charge in [0.05, 0.1) is 7.11 Å². The Balaban J connectivity index is 0.00000220. The monoisotopic (exact) mass is 316 g/mol. The molecule has 1 aromatic rings. The van der Waals surface area contributed by atoms with E-state index in [0.29, 0.717) is 12.2 Å². The lowest BCUT2D eigenvalue weighted by Crippen LogP contribution is -2.36. The van der Waals surface area contributed by atoms with Crippen LogP contribution in [0.25, 0.3) is 0 Å². The Kier molecular flexibility index (Phi) is 6.42. The smallest absolute Gasteiger partial charge is 0.230 e. The zero-order valence-corrected chi connectivity index (χ0v) is 13.2. The van der Waals surface area contributed by atoms with Crippen LogP contribution >= 0.6 is 12.4 Å². The number of anilines is 1. The molecule has 1 aliphatic rings. The molecular formula is C15H22ClFN2O2. The van der Waals surface area contributed by atoms with Crippen molar-refractivity contribution in [3.63, 3.8) is 0 Å². The van der Waals surface area contributed by atoms with Crippen molar-refractivity contribution < 1.29 is 13.9 Å². The lowest BCUT2D eigenvalue weighted by molar-refractivity contribution is -0.123. The number of carbonyl (C=O) groups is 1. The number of rotatable bonds is 4. The average molecular weight is 317 g/mol. The second kappa shape index (κ2) is 7.61. The van der Waals surface area contributed by atoms with Crippen LogP contribution < -0.4 is 15.4 Å². The molecule has 4 nitrogen and oxygen atoms in total. The highest BCUT2D eigenvalue weighted by Gasteiger charge is 2.34. The second-order valence-electron chi connectivity index (χ2n) is 5.25. The summed E-state index contributed by atoms with van der Waals surface area (Å²) < 4.78 is 18.6. The van der Waals surface area contributed by atoms with Crippen LogP contribution in [0.1, 0.15) is 19.3 Å². The Morgan fingerprint density at radius 3 is 2.76 bits per heavy atom. The predicted molar refractivity (Wildman–Crippen MR) is 83.5 cm³/mol. The van der Waals surface area contributed by atoms with Gasteiger partial charge in [-0.25, -0.2) is 4.39 Å². The molecule has 0 aromatic heterocycles. The number of nitrogens with zero attached hydrogens (tertiary/aromatic N) is 1. The summed E-state index contributed by atoms with van der Waals surface area (Å²) in [6.45, 7) is 0.529. The number of amides is 1. The molecule has 2 N–H and O–H groups in total. The van der Waals surface area contributed by atoms with Crippen LogP contribution in [-0.2, 0) is 4.79 Å². The van der Waals surface area contributed by atoms with E-state index in [0.717, 1.165) is 19.3 Å². The molecule has 2 rings (SSSR count). The van der Waals surface area contributed by atoms with E-state index in [1.165, 1.54) is 24.1 Å². The number of ether oxygens (including phenoxy) is 1. The minimum atomic E-state index is -0.466. The maximum atomic E-state index is 13.7. The van der Waals surface area contributed by atoms with Crippen LogP contribution in [0.15, 0.2) is 18.2 Å². The Morgan fingerprint density at radius 2 is 2.19 bits per heavy atom. The molecule has 1 amide bonds. The molecular weight excluding hydrogens is 295 g/mol. The molecule has 0 saturated heterocycles. The summed E-state index contributed by atoms with van der Waals surface area (Å²) in [5.74, 6) is -0.0764. The lowest BCUT2D eigenvalue weighted by atomic mass is 9.94. The highest BCUT2D eigenvalue weighted by atomic mass is 35.5. The number of benzene rings is 1. The molecule has 1 saturated carbocycles. The zero-order chi connectivity index (χ0) is 14.7. The third-order valence-electron chi connectivity index (χ3n) is 4.13. The van der Waals surface area contributed by atoms with Crippen molar-refractivity contribution in [1.29, 1.82) is 0 Å². The van der Waals surface area contributed by atoms with Gasteiger partial charge in [-0.2, -0.15) is 0 Å². The standard InChI is InChI=1S/C15H21FN2O2.ClH/c1-18(11-6-7-14(20-2)13(16)8-11)15(19)12-5-3-4-10(12)9-17;/h6-8,10,12H,3-5,9,17H2,1-2H3;1H/t10-,12-;/m1./s1. The van der Waals surface area contributed by atoms with E-state index in [1.54, 1.807) is 13.1 Å². The van der Waals surface area contributed by atoms with E-state index in [2.05, 4.69) is 0 Å². The molecule has 1 aliphatic carbocycles. The highest BCUT2D eigenvalue weighted by Crippen LogP contribution is 2.33. The minimum Gasteiger partial charge on any atom is -0.494 e. The summed E-state index contributed by atoms with van der Waals surface area (Å²) in [4.78, 5) is 14.0. The third-order valence-corrected chi connectivity index (χ3v) is 4.13. The van der Waals surface area contributed by atoms with Gasteiger partial charge in [0.15, 0.2) is 11.6 Å². The maximum Gasteiger partial charge on any atom is 0.230 e. The lowest BCUT2D eigenvalue weighted by Gasteiger charge is -2.24. The summed E-state index contributed by atoms with van der Waals surface area (Å²) in [5, 5.41) is 0. The summed E-state index contributed by atoms with van der Waals surface area (Å²) in [7, 11) is 3.09. The number of halogens is 2. The van der Waals surface area contributed by atoms with Crippen molar-refractivity contribution >= 4 is 24.0 Å². The maximum absolute atomic E-state index is 13.7. The Labute approximate surface area is 130 Å². The third kappa shape index (κ3) is 3.66. The van der Waals surface area contributed by atoms with Gasteiger partial charge >= 0.3 is 0 Å². The van der Waals surface area contributed by atoms with Gasteiger partial charge in [-0.15, -0.1) is 12.4 Å². The first-order valence-corrected chi connectivity index (χ1v) is 6.89. The van der Waals surface area contributed by atoms with Gasteiger partial charge in [-0.05, 0) is 37.4 Å². The highest BCUT2D eigenvalue weighted by molar-refractivity contribution is 5.95. The quantitative estimate of drug-likeness (QED) is 0.929. The molecule has 0 radical (unpaired) electrons. The first kappa shape index (κ1) is 17.7. The van der Waals surface area contributed by atoms with Crippen LogP contribution in [-0.4, -0.2) is 26.6 Å². The van der Waals surface area contributed by atoms with Crippen LogP contribution in [0.5, 0.6) is 5.75 Å². The Morgan fingerprint density at radius 1 is 1.48 bits per heavy atom. The molecule has 2 atom stereocenters.